The molecule has 0 spiro atoms. The molecule has 0 aromatic heterocycles. The Morgan fingerprint density at radius 3 is 2.19 bits per heavy atom. The number of hydrogen-bond donors (Lipinski definition) is 1. The molecule has 2 N–H and O–H groups in total. The molecule has 0 unspecified atom stereocenters. The molecule has 7 heteroatoms. The zero-order chi connectivity index (χ0) is 13.2. The summed E-state index contributed by atoms with van der Waals surface area (Å²) >= 11 is 0. The van der Waals surface area contributed by atoms with Crippen molar-refractivity contribution in [2.75, 3.05) is 32.7 Å². The molecule has 0 radical (unpaired) electrons. The largest absolute Gasteiger partial charge is 0.364 e. The van der Waals surface area contributed by atoms with Crippen molar-refractivity contribution < 1.29 is 9.53 Å². The molecule has 0 aromatic rings. The second-order valence-corrected chi connectivity index (χ2v) is 6.01. The molecule has 2 atom stereocenters. The monoisotopic (exact) mass is 339 g/mol. The molecule has 21 heavy (non-hydrogen) atoms. The van der Waals surface area contributed by atoms with E-state index in [-0.39, 0.29) is 42.9 Å². The number of ether oxygens (including phenoxy) is 1. The Bertz CT molecular complexity index is 334. The van der Waals surface area contributed by atoms with Crippen molar-refractivity contribution in [3.8, 4) is 0 Å². The van der Waals surface area contributed by atoms with E-state index in [0.29, 0.717) is 6.54 Å². The predicted molar refractivity (Wildman–Crippen MR) is 87.2 cm³/mol. The normalized spacial score (nSPS) is 30.2. The Kier molecular flexibility index (Phi) is 7.71. The SMILES string of the molecule is Cl.Cl.NC[C@H]1CC[C@@H](C(=O)N2CCN(C3CCC3)CC2)O1. The fourth-order valence-corrected chi connectivity index (χ4v) is 3.32. The molecule has 2 heterocycles. The van der Waals surface area contributed by atoms with E-state index >= 15 is 0 Å². The van der Waals surface area contributed by atoms with Crippen LogP contribution in [0, 0.1) is 0 Å². The third-order valence-electron chi connectivity index (χ3n) is 4.86. The molecule has 1 amide bonds. The second kappa shape index (κ2) is 8.53. The van der Waals surface area contributed by atoms with E-state index in [1.54, 1.807) is 0 Å². The van der Waals surface area contributed by atoms with Gasteiger partial charge in [0.05, 0.1) is 6.10 Å². The smallest absolute Gasteiger partial charge is 0.251 e. The minimum atomic E-state index is -0.233. The van der Waals surface area contributed by atoms with E-state index in [0.717, 1.165) is 45.1 Å². The maximum absolute atomic E-state index is 12.4. The first-order valence-electron chi connectivity index (χ1n) is 7.66. The first kappa shape index (κ1) is 19.0. The number of rotatable bonds is 3. The number of carbonyl (C=O) groups excluding carboxylic acids is 1. The zero-order valence-corrected chi connectivity index (χ0v) is 14.0. The molecule has 124 valence electrons. The number of carbonyl (C=O) groups is 1. The van der Waals surface area contributed by atoms with Crippen molar-refractivity contribution in [3.63, 3.8) is 0 Å². The van der Waals surface area contributed by atoms with Crippen LogP contribution in [-0.4, -0.2) is 66.7 Å². The van der Waals surface area contributed by atoms with Crippen molar-refractivity contribution in [2.24, 2.45) is 5.73 Å². The van der Waals surface area contributed by atoms with Crippen molar-refractivity contribution in [2.45, 2.75) is 50.4 Å². The van der Waals surface area contributed by atoms with Crippen molar-refractivity contribution in [1.29, 1.82) is 0 Å². The average molecular weight is 340 g/mol. The van der Waals surface area contributed by atoms with E-state index in [1.165, 1.54) is 19.3 Å². The first-order chi connectivity index (χ1) is 9.28. The third-order valence-corrected chi connectivity index (χ3v) is 4.86. The number of amides is 1. The summed E-state index contributed by atoms with van der Waals surface area (Å²) in [4.78, 5) is 16.9. The Morgan fingerprint density at radius 1 is 1.05 bits per heavy atom. The summed E-state index contributed by atoms with van der Waals surface area (Å²) in [6.45, 7) is 4.32. The van der Waals surface area contributed by atoms with Crippen LogP contribution in [0.25, 0.3) is 0 Å². The van der Waals surface area contributed by atoms with Gasteiger partial charge in [0.1, 0.15) is 6.10 Å². The maximum atomic E-state index is 12.4. The number of nitrogens with zero attached hydrogens (tertiary/aromatic N) is 2. The lowest BCUT2D eigenvalue weighted by atomic mass is 9.91. The number of hydrogen-bond acceptors (Lipinski definition) is 4. The van der Waals surface area contributed by atoms with Gasteiger partial charge in [0, 0.05) is 38.8 Å². The number of halogens is 2. The predicted octanol–water partition coefficient (Wildman–Crippen LogP) is 1.03. The highest BCUT2D eigenvalue weighted by atomic mass is 35.5. The van der Waals surface area contributed by atoms with Gasteiger partial charge in [-0.2, -0.15) is 0 Å². The fraction of sp³-hybridized carbons (Fsp3) is 0.929. The van der Waals surface area contributed by atoms with Crippen molar-refractivity contribution in [1.82, 2.24) is 9.80 Å². The third kappa shape index (κ3) is 4.23. The molecule has 2 saturated heterocycles. The van der Waals surface area contributed by atoms with Gasteiger partial charge in [-0.05, 0) is 25.7 Å². The first-order valence-corrected chi connectivity index (χ1v) is 7.66. The van der Waals surface area contributed by atoms with Gasteiger partial charge in [0.2, 0.25) is 0 Å². The zero-order valence-electron chi connectivity index (χ0n) is 12.4. The molecular weight excluding hydrogens is 313 g/mol. The molecule has 3 fully saturated rings. The van der Waals surface area contributed by atoms with Gasteiger partial charge in [-0.1, -0.05) is 6.42 Å². The highest BCUT2D eigenvalue weighted by Gasteiger charge is 2.35. The lowest BCUT2D eigenvalue weighted by molar-refractivity contribution is -0.145. The molecule has 3 rings (SSSR count). The van der Waals surface area contributed by atoms with Crippen LogP contribution in [0.5, 0.6) is 0 Å². The molecule has 0 bridgehead atoms. The van der Waals surface area contributed by atoms with Crippen molar-refractivity contribution >= 4 is 30.7 Å². The lowest BCUT2D eigenvalue weighted by Gasteiger charge is -2.43. The topological polar surface area (TPSA) is 58.8 Å². The Morgan fingerprint density at radius 2 is 1.71 bits per heavy atom. The van der Waals surface area contributed by atoms with Crippen LogP contribution in [-0.2, 0) is 9.53 Å². The molecular formula is C14H27Cl2N3O2. The average Bonchev–Trinajstić information content (AvgIpc) is 2.85. The number of piperazine rings is 1. The summed E-state index contributed by atoms with van der Waals surface area (Å²) in [6, 6.07) is 0.793. The highest BCUT2D eigenvalue weighted by Crippen LogP contribution is 2.26. The summed E-state index contributed by atoms with van der Waals surface area (Å²) in [5.41, 5.74) is 5.59. The minimum absolute atomic E-state index is 0. The summed E-state index contributed by atoms with van der Waals surface area (Å²) < 4.78 is 5.70. The summed E-state index contributed by atoms with van der Waals surface area (Å²) in [6.07, 6.45) is 5.68. The van der Waals surface area contributed by atoms with Gasteiger partial charge in [0.15, 0.2) is 0 Å². The van der Waals surface area contributed by atoms with Gasteiger partial charge in [-0.25, -0.2) is 0 Å². The van der Waals surface area contributed by atoms with E-state index in [4.69, 9.17) is 10.5 Å². The van der Waals surface area contributed by atoms with Crippen LogP contribution in [0.4, 0.5) is 0 Å². The van der Waals surface area contributed by atoms with Crippen molar-refractivity contribution in [3.05, 3.63) is 0 Å². The summed E-state index contributed by atoms with van der Waals surface area (Å²) in [5.74, 6) is 0.184. The summed E-state index contributed by atoms with van der Waals surface area (Å²) in [5, 5.41) is 0. The molecule has 1 aliphatic carbocycles. The molecule has 5 nitrogen and oxygen atoms in total. The highest BCUT2D eigenvalue weighted by molar-refractivity contribution is 5.85. The second-order valence-electron chi connectivity index (χ2n) is 6.01. The van der Waals surface area contributed by atoms with Crippen LogP contribution in [0.3, 0.4) is 0 Å². The fourth-order valence-electron chi connectivity index (χ4n) is 3.32. The quantitative estimate of drug-likeness (QED) is 0.834. The van der Waals surface area contributed by atoms with E-state index in [2.05, 4.69) is 4.90 Å². The molecule has 2 aliphatic heterocycles. The van der Waals surface area contributed by atoms with Gasteiger partial charge >= 0.3 is 0 Å². The molecule has 1 saturated carbocycles. The minimum Gasteiger partial charge on any atom is -0.364 e. The Balaban J connectivity index is 0.00000110. The van der Waals surface area contributed by atoms with Crippen LogP contribution >= 0.6 is 24.8 Å². The van der Waals surface area contributed by atoms with Gasteiger partial charge in [-0.15, -0.1) is 24.8 Å². The van der Waals surface area contributed by atoms with Gasteiger partial charge in [0.25, 0.3) is 5.91 Å². The van der Waals surface area contributed by atoms with Crippen LogP contribution < -0.4 is 5.73 Å². The van der Waals surface area contributed by atoms with Crippen LogP contribution in [0.1, 0.15) is 32.1 Å². The number of nitrogens with two attached hydrogens (primary N) is 1. The standard InChI is InChI=1S/C14H25N3O2.2ClH/c15-10-12-4-5-13(19-12)14(18)17-8-6-16(7-9-17)11-2-1-3-11;;/h11-13H,1-10,15H2;2*1H/t12-,13+;;/m1../s1. The Hall–Kier alpha value is -0.0700. The Labute approximate surface area is 139 Å². The van der Waals surface area contributed by atoms with E-state index < -0.39 is 0 Å². The van der Waals surface area contributed by atoms with Crippen LogP contribution in [0.15, 0.2) is 0 Å². The van der Waals surface area contributed by atoms with Gasteiger partial charge in [-0.3, -0.25) is 9.69 Å². The van der Waals surface area contributed by atoms with Crippen LogP contribution in [0.2, 0.25) is 0 Å². The maximum Gasteiger partial charge on any atom is 0.251 e. The molecule has 0 aromatic carbocycles. The molecule has 3 aliphatic rings. The lowest BCUT2D eigenvalue weighted by Crippen LogP contribution is -2.55. The van der Waals surface area contributed by atoms with E-state index in [9.17, 15) is 4.79 Å². The summed E-state index contributed by atoms with van der Waals surface area (Å²) in [7, 11) is 0. The van der Waals surface area contributed by atoms with Gasteiger partial charge < -0.3 is 15.4 Å². The van der Waals surface area contributed by atoms with E-state index in [1.807, 2.05) is 4.90 Å².